The number of Topliss-reactive ketones (excluding diaryl/α,β-unsaturated/α-hetero) is 1. The molecule has 1 amide bonds. The quantitative estimate of drug-likeness (QED) is 0.655. The Morgan fingerprint density at radius 2 is 1.88 bits per heavy atom. The largest absolute Gasteiger partial charge is 0.503 e. The Kier molecular flexibility index (Phi) is 6.38. The summed E-state index contributed by atoms with van der Waals surface area (Å²) in [5.41, 5.74) is 0.688. The van der Waals surface area contributed by atoms with Crippen LogP contribution in [0.4, 0.5) is 0 Å². The number of rotatable bonds is 9. The average molecular weight is 361 g/mol. The van der Waals surface area contributed by atoms with Gasteiger partial charge in [-0.15, -0.1) is 0 Å². The van der Waals surface area contributed by atoms with Crippen molar-refractivity contribution >= 4 is 17.7 Å². The van der Waals surface area contributed by atoms with Gasteiger partial charge in [0.15, 0.2) is 11.5 Å². The Labute approximate surface area is 151 Å². The monoisotopic (exact) mass is 361 g/mol. The van der Waals surface area contributed by atoms with E-state index in [0.29, 0.717) is 37.1 Å². The van der Waals surface area contributed by atoms with E-state index in [0.717, 1.165) is 0 Å². The number of benzene rings is 1. The van der Waals surface area contributed by atoms with Crippen LogP contribution >= 0.6 is 0 Å². The van der Waals surface area contributed by atoms with E-state index >= 15 is 0 Å². The van der Waals surface area contributed by atoms with Crippen LogP contribution in [0, 0.1) is 0 Å². The number of nitrogens with zero attached hydrogens (tertiary/aromatic N) is 1. The number of aliphatic hydroxyl groups excluding tert-OH is 1. The number of carbonyl (C=O) groups is 3. The summed E-state index contributed by atoms with van der Waals surface area (Å²) < 4.78 is 5.36. The van der Waals surface area contributed by atoms with Crippen LogP contribution in [0.25, 0.3) is 0 Å². The van der Waals surface area contributed by atoms with Gasteiger partial charge in [0.25, 0.3) is 5.91 Å². The number of carbonyl (C=O) groups excluding carboxylic acids is 2. The first-order valence-corrected chi connectivity index (χ1v) is 8.48. The summed E-state index contributed by atoms with van der Waals surface area (Å²) in [6.07, 6.45) is 1.79. The molecule has 1 heterocycles. The molecule has 1 aromatic carbocycles. The molecule has 1 atom stereocenters. The fourth-order valence-corrected chi connectivity index (χ4v) is 3.19. The molecule has 0 unspecified atom stereocenters. The van der Waals surface area contributed by atoms with Gasteiger partial charge in [-0.3, -0.25) is 14.4 Å². The number of unbranched alkanes of at least 4 members (excludes halogenated alkanes) is 2. The Bertz CT molecular complexity index is 739. The summed E-state index contributed by atoms with van der Waals surface area (Å²) in [5, 5.41) is 18.9. The van der Waals surface area contributed by atoms with Gasteiger partial charge in [0.1, 0.15) is 5.75 Å². The molecule has 0 saturated carbocycles. The van der Waals surface area contributed by atoms with Crippen molar-refractivity contribution in [1.82, 2.24) is 4.90 Å². The number of methoxy groups -OCH3 is 1. The lowest BCUT2D eigenvalue weighted by Crippen LogP contribution is -2.32. The van der Waals surface area contributed by atoms with Gasteiger partial charge in [0, 0.05) is 18.5 Å². The Morgan fingerprint density at radius 3 is 2.50 bits per heavy atom. The zero-order valence-corrected chi connectivity index (χ0v) is 14.9. The fraction of sp³-hybridized carbons (Fsp3) is 0.421. The zero-order chi connectivity index (χ0) is 19.3. The molecule has 0 saturated heterocycles. The molecule has 26 heavy (non-hydrogen) atoms. The molecule has 2 rings (SSSR count). The normalized spacial score (nSPS) is 16.9. The van der Waals surface area contributed by atoms with E-state index in [4.69, 9.17) is 9.84 Å². The molecule has 0 radical (unpaired) electrons. The molecule has 7 heteroatoms. The molecule has 1 aliphatic heterocycles. The number of ether oxygens (including phenoxy) is 1. The van der Waals surface area contributed by atoms with Crippen LogP contribution in [-0.2, 0) is 14.4 Å². The average Bonchev–Trinajstić information content (AvgIpc) is 2.85. The minimum atomic E-state index is -0.854. The number of carboxylic acids is 1. The number of para-hydroxylation sites is 1. The van der Waals surface area contributed by atoms with Crippen molar-refractivity contribution in [1.29, 1.82) is 0 Å². The molecule has 0 aliphatic carbocycles. The van der Waals surface area contributed by atoms with Gasteiger partial charge in [-0.2, -0.15) is 0 Å². The highest BCUT2D eigenvalue weighted by Crippen LogP contribution is 2.41. The van der Waals surface area contributed by atoms with E-state index in [9.17, 15) is 19.5 Å². The van der Waals surface area contributed by atoms with Crippen LogP contribution in [0.15, 0.2) is 35.6 Å². The van der Waals surface area contributed by atoms with E-state index in [1.165, 1.54) is 18.9 Å². The molecular weight excluding hydrogens is 338 g/mol. The van der Waals surface area contributed by atoms with Gasteiger partial charge >= 0.3 is 5.97 Å². The van der Waals surface area contributed by atoms with Gasteiger partial charge in [-0.05, 0) is 25.8 Å². The maximum Gasteiger partial charge on any atom is 0.303 e. The van der Waals surface area contributed by atoms with E-state index in [1.54, 1.807) is 24.3 Å². The second-order valence-corrected chi connectivity index (χ2v) is 6.17. The standard InChI is InChI=1S/C19H23NO6/c1-12(21)16-17(13-8-5-6-9-14(13)26-2)20(19(25)18(16)24)11-7-3-4-10-15(22)23/h5-6,8-9,17,24H,3-4,7,10-11H2,1-2H3,(H,22,23)/t17-/m1/s1. The third kappa shape index (κ3) is 4.04. The van der Waals surface area contributed by atoms with Gasteiger partial charge in [-0.1, -0.05) is 24.6 Å². The molecule has 0 fully saturated rings. The van der Waals surface area contributed by atoms with Crippen molar-refractivity contribution in [3.05, 3.63) is 41.2 Å². The number of amides is 1. The van der Waals surface area contributed by atoms with Crippen molar-refractivity contribution in [2.24, 2.45) is 0 Å². The maximum atomic E-state index is 12.5. The second kappa shape index (κ2) is 8.51. The number of hydrogen-bond acceptors (Lipinski definition) is 5. The van der Waals surface area contributed by atoms with Gasteiger partial charge in [0.05, 0.1) is 18.7 Å². The van der Waals surface area contributed by atoms with E-state index in [-0.39, 0.29) is 17.8 Å². The number of aliphatic carboxylic acids is 1. The first kappa shape index (κ1) is 19.5. The molecule has 1 aliphatic rings. The minimum absolute atomic E-state index is 0.0602. The van der Waals surface area contributed by atoms with Crippen molar-refractivity contribution < 1.29 is 29.3 Å². The van der Waals surface area contributed by atoms with Crippen LogP contribution < -0.4 is 4.74 Å². The third-order valence-corrected chi connectivity index (χ3v) is 4.41. The summed E-state index contributed by atoms with van der Waals surface area (Å²) in [4.78, 5) is 36.6. The van der Waals surface area contributed by atoms with Crippen LogP contribution in [0.3, 0.4) is 0 Å². The third-order valence-electron chi connectivity index (χ3n) is 4.41. The highest BCUT2D eigenvalue weighted by Gasteiger charge is 2.43. The molecule has 1 aromatic rings. The summed E-state index contributed by atoms with van der Waals surface area (Å²) in [6, 6.07) is 6.34. The fourth-order valence-electron chi connectivity index (χ4n) is 3.19. The summed E-state index contributed by atoms with van der Waals surface area (Å²) in [7, 11) is 1.50. The minimum Gasteiger partial charge on any atom is -0.503 e. The highest BCUT2D eigenvalue weighted by atomic mass is 16.5. The lowest BCUT2D eigenvalue weighted by atomic mass is 9.95. The Balaban J connectivity index is 2.27. The summed E-state index contributed by atoms with van der Waals surface area (Å²) >= 11 is 0. The smallest absolute Gasteiger partial charge is 0.303 e. The maximum absolute atomic E-state index is 12.5. The topological polar surface area (TPSA) is 104 Å². The van der Waals surface area contributed by atoms with Crippen LogP contribution in [0.2, 0.25) is 0 Å². The van der Waals surface area contributed by atoms with E-state index in [1.807, 2.05) is 0 Å². The summed E-state index contributed by atoms with van der Waals surface area (Å²) in [5.74, 6) is -1.83. The van der Waals surface area contributed by atoms with Gasteiger partial charge < -0.3 is 19.8 Å². The number of aliphatic hydroxyl groups is 1. The first-order chi connectivity index (χ1) is 12.4. The lowest BCUT2D eigenvalue weighted by molar-refractivity contribution is -0.137. The van der Waals surface area contributed by atoms with Crippen LogP contribution in [0.5, 0.6) is 5.75 Å². The molecule has 0 aromatic heterocycles. The number of carboxylic acid groups (broad SMARTS) is 1. The highest BCUT2D eigenvalue weighted by molar-refractivity contribution is 6.08. The van der Waals surface area contributed by atoms with Crippen molar-refractivity contribution in [3.8, 4) is 5.75 Å². The second-order valence-electron chi connectivity index (χ2n) is 6.17. The Hall–Kier alpha value is -2.83. The Morgan fingerprint density at radius 1 is 1.19 bits per heavy atom. The van der Waals surface area contributed by atoms with E-state index in [2.05, 4.69) is 0 Å². The number of ketones is 1. The van der Waals surface area contributed by atoms with Crippen molar-refractivity contribution in [2.75, 3.05) is 13.7 Å². The molecular formula is C19H23NO6. The summed E-state index contributed by atoms with van der Waals surface area (Å²) in [6.45, 7) is 1.62. The molecule has 7 nitrogen and oxygen atoms in total. The lowest BCUT2D eigenvalue weighted by Gasteiger charge is -2.27. The van der Waals surface area contributed by atoms with Crippen LogP contribution in [-0.4, -0.2) is 46.4 Å². The predicted octanol–water partition coefficient (Wildman–Crippen LogP) is 2.62. The SMILES string of the molecule is COc1ccccc1[C@@H]1C(C(C)=O)=C(O)C(=O)N1CCCCCC(=O)O. The van der Waals surface area contributed by atoms with Gasteiger partial charge in [-0.25, -0.2) is 0 Å². The van der Waals surface area contributed by atoms with Crippen molar-refractivity contribution in [3.63, 3.8) is 0 Å². The predicted molar refractivity (Wildman–Crippen MR) is 93.9 cm³/mol. The first-order valence-electron chi connectivity index (χ1n) is 8.48. The van der Waals surface area contributed by atoms with Crippen LogP contribution in [0.1, 0.15) is 44.2 Å². The molecule has 2 N–H and O–H groups in total. The van der Waals surface area contributed by atoms with Gasteiger partial charge in [0.2, 0.25) is 0 Å². The van der Waals surface area contributed by atoms with Crippen molar-refractivity contribution in [2.45, 2.75) is 38.6 Å². The number of hydrogen-bond donors (Lipinski definition) is 2. The molecule has 140 valence electrons. The zero-order valence-electron chi connectivity index (χ0n) is 14.9. The molecule has 0 bridgehead atoms. The molecule has 0 spiro atoms. The van der Waals surface area contributed by atoms with E-state index < -0.39 is 23.7 Å².